The highest BCUT2D eigenvalue weighted by Gasteiger charge is 2.41. The van der Waals surface area contributed by atoms with Gasteiger partial charge < -0.3 is 10.1 Å². The molecule has 0 spiro atoms. The molecule has 1 aromatic heterocycles. The second kappa shape index (κ2) is 7.85. The Morgan fingerprint density at radius 1 is 1.07 bits per heavy atom. The van der Waals surface area contributed by atoms with Gasteiger partial charge in [0, 0.05) is 5.69 Å². The van der Waals surface area contributed by atoms with Gasteiger partial charge in [0.05, 0.1) is 18.3 Å². The molecular weight excluding hydrogens is 362 g/mol. The summed E-state index contributed by atoms with van der Waals surface area (Å²) < 4.78 is 7.23. The van der Waals surface area contributed by atoms with Crippen molar-refractivity contribution >= 4 is 5.69 Å². The standard InChI is InChI=1S/C23H29N5O/c1-16-12-14-23(15-13-16,24-19-8-10-20(29-4)11-9-19)22-25-26-27-28(22)21-7-5-6-17(2)18(21)3/h5-11,16,24H,12-15H2,1-4H3. The minimum absolute atomic E-state index is 0.305. The number of benzene rings is 2. The second-order valence-corrected chi connectivity index (χ2v) is 8.25. The van der Waals surface area contributed by atoms with E-state index in [1.807, 2.05) is 16.8 Å². The summed E-state index contributed by atoms with van der Waals surface area (Å²) >= 11 is 0. The van der Waals surface area contributed by atoms with Crippen molar-refractivity contribution in [2.75, 3.05) is 12.4 Å². The van der Waals surface area contributed by atoms with E-state index >= 15 is 0 Å². The predicted molar refractivity (Wildman–Crippen MR) is 115 cm³/mol. The molecule has 0 saturated heterocycles. The third-order valence-corrected chi connectivity index (χ3v) is 6.30. The first kappa shape index (κ1) is 19.4. The molecule has 3 aromatic rings. The van der Waals surface area contributed by atoms with Crippen LogP contribution in [0.1, 0.15) is 49.6 Å². The first-order valence-corrected chi connectivity index (χ1v) is 10.3. The van der Waals surface area contributed by atoms with Gasteiger partial charge in [0.1, 0.15) is 5.75 Å². The third-order valence-electron chi connectivity index (χ3n) is 6.30. The lowest BCUT2D eigenvalue weighted by Crippen LogP contribution is -2.41. The molecule has 152 valence electrons. The Labute approximate surface area is 172 Å². The van der Waals surface area contributed by atoms with E-state index in [4.69, 9.17) is 4.74 Å². The molecule has 1 fully saturated rings. The van der Waals surface area contributed by atoms with E-state index < -0.39 is 0 Å². The van der Waals surface area contributed by atoms with E-state index in [-0.39, 0.29) is 5.54 Å². The molecule has 4 rings (SSSR count). The molecule has 1 N–H and O–H groups in total. The molecule has 0 bridgehead atoms. The number of anilines is 1. The fraction of sp³-hybridized carbons (Fsp3) is 0.435. The highest BCUT2D eigenvalue weighted by atomic mass is 16.5. The van der Waals surface area contributed by atoms with Crippen LogP contribution in [-0.4, -0.2) is 27.3 Å². The van der Waals surface area contributed by atoms with Crippen molar-refractivity contribution in [3.05, 3.63) is 59.4 Å². The van der Waals surface area contributed by atoms with Crippen LogP contribution in [0.25, 0.3) is 5.69 Å². The lowest BCUT2D eigenvalue weighted by Gasteiger charge is -2.39. The summed E-state index contributed by atoms with van der Waals surface area (Å²) in [6.45, 7) is 6.57. The molecule has 0 unspecified atom stereocenters. The average Bonchev–Trinajstić information content (AvgIpc) is 3.23. The summed E-state index contributed by atoms with van der Waals surface area (Å²) in [4.78, 5) is 0. The number of aromatic nitrogens is 4. The zero-order valence-corrected chi connectivity index (χ0v) is 17.6. The van der Waals surface area contributed by atoms with Gasteiger partial charge in [0.15, 0.2) is 5.82 Å². The van der Waals surface area contributed by atoms with Crippen LogP contribution >= 0.6 is 0 Å². The van der Waals surface area contributed by atoms with Crippen LogP contribution in [0.4, 0.5) is 5.69 Å². The molecule has 0 atom stereocenters. The number of nitrogens with one attached hydrogen (secondary N) is 1. The van der Waals surface area contributed by atoms with Crippen LogP contribution in [0.15, 0.2) is 42.5 Å². The van der Waals surface area contributed by atoms with E-state index in [9.17, 15) is 0 Å². The molecule has 6 heteroatoms. The Kier molecular flexibility index (Phi) is 5.26. The monoisotopic (exact) mass is 391 g/mol. The SMILES string of the molecule is COc1ccc(NC2(c3nnnn3-c3cccc(C)c3C)CCC(C)CC2)cc1. The average molecular weight is 392 g/mol. The predicted octanol–water partition coefficient (Wildman–Crippen LogP) is 4.81. The molecule has 2 aromatic carbocycles. The number of hydrogen-bond donors (Lipinski definition) is 1. The van der Waals surface area contributed by atoms with Gasteiger partial charge >= 0.3 is 0 Å². The lowest BCUT2D eigenvalue weighted by molar-refractivity contribution is 0.255. The minimum Gasteiger partial charge on any atom is -0.497 e. The number of methoxy groups -OCH3 is 1. The van der Waals surface area contributed by atoms with Crippen molar-refractivity contribution in [3.8, 4) is 11.4 Å². The van der Waals surface area contributed by atoms with Crippen LogP contribution in [0, 0.1) is 19.8 Å². The van der Waals surface area contributed by atoms with Crippen molar-refractivity contribution in [2.24, 2.45) is 5.92 Å². The Morgan fingerprint density at radius 3 is 2.48 bits per heavy atom. The molecule has 1 heterocycles. The Bertz CT molecular complexity index is 971. The normalized spacial score (nSPS) is 21.7. The first-order valence-electron chi connectivity index (χ1n) is 10.3. The van der Waals surface area contributed by atoms with E-state index in [2.05, 4.69) is 71.9 Å². The van der Waals surface area contributed by atoms with Crippen LogP contribution in [-0.2, 0) is 5.54 Å². The van der Waals surface area contributed by atoms with Gasteiger partial charge in [-0.1, -0.05) is 19.1 Å². The number of ether oxygens (including phenoxy) is 1. The molecule has 1 aliphatic carbocycles. The van der Waals surface area contributed by atoms with Crippen molar-refractivity contribution in [1.29, 1.82) is 0 Å². The van der Waals surface area contributed by atoms with Crippen LogP contribution < -0.4 is 10.1 Å². The number of aryl methyl sites for hydroxylation is 1. The highest BCUT2D eigenvalue weighted by Crippen LogP contribution is 2.42. The summed E-state index contributed by atoms with van der Waals surface area (Å²) in [7, 11) is 1.69. The molecule has 0 radical (unpaired) electrons. The van der Waals surface area contributed by atoms with E-state index in [1.54, 1.807) is 7.11 Å². The molecular formula is C23H29N5O. The number of tetrazole rings is 1. The zero-order valence-electron chi connectivity index (χ0n) is 17.6. The van der Waals surface area contributed by atoms with Crippen LogP contribution in [0.5, 0.6) is 5.75 Å². The van der Waals surface area contributed by atoms with Crippen molar-refractivity contribution in [3.63, 3.8) is 0 Å². The second-order valence-electron chi connectivity index (χ2n) is 8.25. The van der Waals surface area contributed by atoms with E-state index in [0.29, 0.717) is 5.92 Å². The minimum atomic E-state index is -0.305. The molecule has 0 amide bonds. The molecule has 1 saturated carbocycles. The maximum Gasteiger partial charge on any atom is 0.181 e. The summed E-state index contributed by atoms with van der Waals surface area (Å²) in [6.07, 6.45) is 4.27. The fourth-order valence-corrected chi connectivity index (χ4v) is 4.22. The maximum atomic E-state index is 5.31. The van der Waals surface area contributed by atoms with Gasteiger partial charge in [0.2, 0.25) is 0 Å². The molecule has 29 heavy (non-hydrogen) atoms. The number of nitrogens with zero attached hydrogens (tertiary/aromatic N) is 4. The molecule has 6 nitrogen and oxygen atoms in total. The third kappa shape index (κ3) is 3.71. The smallest absolute Gasteiger partial charge is 0.181 e. The van der Waals surface area contributed by atoms with Gasteiger partial charge in [0.25, 0.3) is 0 Å². The maximum absolute atomic E-state index is 5.31. The zero-order chi connectivity index (χ0) is 20.4. The largest absolute Gasteiger partial charge is 0.497 e. The molecule has 1 aliphatic rings. The number of rotatable bonds is 5. The quantitative estimate of drug-likeness (QED) is 0.676. The Hall–Kier alpha value is -2.89. The number of hydrogen-bond acceptors (Lipinski definition) is 5. The van der Waals surface area contributed by atoms with E-state index in [0.717, 1.165) is 48.6 Å². The topological polar surface area (TPSA) is 64.9 Å². The van der Waals surface area contributed by atoms with Gasteiger partial charge in [-0.25, -0.2) is 0 Å². The Morgan fingerprint density at radius 2 is 1.79 bits per heavy atom. The highest BCUT2D eigenvalue weighted by molar-refractivity contribution is 5.51. The summed E-state index contributed by atoms with van der Waals surface area (Å²) in [5, 5.41) is 16.8. The van der Waals surface area contributed by atoms with Gasteiger partial charge in [-0.3, -0.25) is 0 Å². The van der Waals surface area contributed by atoms with E-state index in [1.165, 1.54) is 11.1 Å². The molecule has 0 aliphatic heterocycles. The summed E-state index contributed by atoms with van der Waals surface area (Å²) in [5.74, 6) is 2.45. The van der Waals surface area contributed by atoms with Gasteiger partial charge in [-0.2, -0.15) is 4.68 Å². The van der Waals surface area contributed by atoms with Crippen molar-refractivity contribution in [1.82, 2.24) is 20.2 Å². The van der Waals surface area contributed by atoms with Gasteiger partial charge in [-0.15, -0.1) is 5.10 Å². The fourth-order valence-electron chi connectivity index (χ4n) is 4.22. The first-order chi connectivity index (χ1) is 14.0. The van der Waals surface area contributed by atoms with Crippen LogP contribution in [0.3, 0.4) is 0 Å². The summed E-state index contributed by atoms with van der Waals surface area (Å²) in [5.41, 5.74) is 4.22. The van der Waals surface area contributed by atoms with Crippen LogP contribution in [0.2, 0.25) is 0 Å². The van der Waals surface area contributed by atoms with Crippen molar-refractivity contribution in [2.45, 2.75) is 52.0 Å². The van der Waals surface area contributed by atoms with Gasteiger partial charge in [-0.05, 0) is 97.3 Å². The Balaban J connectivity index is 1.77. The summed E-state index contributed by atoms with van der Waals surface area (Å²) in [6, 6.07) is 14.4. The van der Waals surface area contributed by atoms with Crippen molar-refractivity contribution < 1.29 is 4.74 Å². The lowest BCUT2D eigenvalue weighted by atomic mass is 9.76.